The number of rotatable bonds is 6. The van der Waals surface area contributed by atoms with Crippen LogP contribution < -0.4 is 5.32 Å². The fraction of sp³-hybridized carbons (Fsp3) is 0.500. The Morgan fingerprint density at radius 2 is 1.92 bits per heavy atom. The molecule has 0 aliphatic rings. The Morgan fingerprint density at radius 3 is 2.54 bits per heavy atom. The number of hydrogen-bond acceptors (Lipinski definition) is 4. The van der Waals surface area contributed by atoms with Crippen LogP contribution in [0.15, 0.2) is 30.5 Å². The first kappa shape index (κ1) is 21.3. The lowest BCUT2D eigenvalue weighted by molar-refractivity contribution is 0.465. The number of halogens is 1. The summed E-state index contributed by atoms with van der Waals surface area (Å²) >= 11 is 2.29. The van der Waals surface area contributed by atoms with Gasteiger partial charge >= 0.3 is 0 Å². The molecule has 6 heteroatoms. The molecular formula is C20H31IN4Si. The molecular weight excluding hydrogens is 451 g/mol. The van der Waals surface area contributed by atoms with Crippen LogP contribution in [0.3, 0.4) is 0 Å². The van der Waals surface area contributed by atoms with Crippen LogP contribution in [-0.4, -0.2) is 29.8 Å². The molecule has 0 radical (unpaired) electrons. The number of aryl methyl sites for hydroxylation is 1. The van der Waals surface area contributed by atoms with E-state index in [1.54, 1.807) is 0 Å². The molecule has 0 saturated carbocycles. The molecule has 0 spiro atoms. The predicted molar refractivity (Wildman–Crippen MR) is 123 cm³/mol. The number of benzene rings is 1. The lowest BCUT2D eigenvalue weighted by Crippen LogP contribution is -2.52. The third kappa shape index (κ3) is 5.04. The van der Waals surface area contributed by atoms with Gasteiger partial charge in [-0.05, 0) is 36.7 Å². The fourth-order valence-corrected chi connectivity index (χ4v) is 4.69. The first-order valence-corrected chi connectivity index (χ1v) is 13.5. The van der Waals surface area contributed by atoms with E-state index >= 15 is 0 Å². The van der Waals surface area contributed by atoms with Gasteiger partial charge in [0.1, 0.15) is 19.9 Å². The van der Waals surface area contributed by atoms with Crippen molar-refractivity contribution in [3.8, 4) is 0 Å². The standard InChI is InChI=1S/C20H31IN4Si/c1-15-13-22-18(12-21)24-19(15)23-17-10-8-9-16(11-17)14-25(5)26(6,7)20(2,3)4/h8-11,13H,12,14H2,1-7H3,(H,22,23,24). The minimum atomic E-state index is -1.51. The van der Waals surface area contributed by atoms with Crippen LogP contribution in [0.1, 0.15) is 37.7 Å². The minimum Gasteiger partial charge on any atom is -0.340 e. The molecule has 0 unspecified atom stereocenters. The van der Waals surface area contributed by atoms with Crippen molar-refractivity contribution < 1.29 is 0 Å². The molecule has 0 fully saturated rings. The topological polar surface area (TPSA) is 41.1 Å². The molecule has 0 aliphatic heterocycles. The van der Waals surface area contributed by atoms with Gasteiger partial charge in [-0.15, -0.1) is 0 Å². The van der Waals surface area contributed by atoms with Gasteiger partial charge in [0.15, 0.2) is 0 Å². The zero-order valence-electron chi connectivity index (χ0n) is 17.0. The summed E-state index contributed by atoms with van der Waals surface area (Å²) in [6.45, 7) is 15.0. The number of hydrogen-bond donors (Lipinski definition) is 1. The molecule has 1 aromatic heterocycles. The molecule has 4 nitrogen and oxygen atoms in total. The van der Waals surface area contributed by atoms with E-state index in [2.05, 4.69) is 108 Å². The number of nitrogens with zero attached hydrogens (tertiary/aromatic N) is 3. The highest BCUT2D eigenvalue weighted by Gasteiger charge is 2.38. The largest absolute Gasteiger partial charge is 0.340 e. The Labute approximate surface area is 173 Å². The third-order valence-electron chi connectivity index (χ3n) is 5.54. The summed E-state index contributed by atoms with van der Waals surface area (Å²) in [5, 5.41) is 3.81. The van der Waals surface area contributed by atoms with Gasteiger partial charge in [-0.2, -0.15) is 0 Å². The van der Waals surface area contributed by atoms with Gasteiger partial charge in [-0.25, -0.2) is 9.97 Å². The van der Waals surface area contributed by atoms with Crippen molar-refractivity contribution in [1.29, 1.82) is 0 Å². The van der Waals surface area contributed by atoms with Crippen LogP contribution in [0.4, 0.5) is 11.5 Å². The van der Waals surface area contributed by atoms with Crippen LogP contribution in [0.25, 0.3) is 0 Å². The summed E-state index contributed by atoms with van der Waals surface area (Å²) in [6, 6.07) is 8.65. The van der Waals surface area contributed by atoms with Crippen molar-refractivity contribution in [2.75, 3.05) is 12.4 Å². The summed E-state index contributed by atoms with van der Waals surface area (Å²) in [4.78, 5) is 8.96. The molecule has 0 aliphatic carbocycles. The van der Waals surface area contributed by atoms with Crippen molar-refractivity contribution in [1.82, 2.24) is 14.5 Å². The molecule has 1 heterocycles. The zero-order chi connectivity index (χ0) is 19.5. The Bertz CT molecular complexity index is 756. The van der Waals surface area contributed by atoms with Gasteiger partial charge in [0.05, 0.1) is 4.43 Å². The smallest absolute Gasteiger partial charge is 0.140 e. The average Bonchev–Trinajstić information content (AvgIpc) is 2.56. The SMILES string of the molecule is Cc1cnc(CI)nc1Nc1cccc(CN(C)[Si](C)(C)C(C)(C)C)c1. The van der Waals surface area contributed by atoms with E-state index < -0.39 is 8.24 Å². The monoisotopic (exact) mass is 482 g/mol. The second kappa shape index (κ2) is 8.35. The Kier molecular flexibility index (Phi) is 6.84. The zero-order valence-corrected chi connectivity index (χ0v) is 20.2. The van der Waals surface area contributed by atoms with Crippen molar-refractivity contribution in [3.05, 3.63) is 47.4 Å². The van der Waals surface area contributed by atoms with Gasteiger partial charge in [-0.1, -0.05) is 68.6 Å². The normalized spacial score (nSPS) is 12.5. The Morgan fingerprint density at radius 1 is 1.23 bits per heavy atom. The summed E-state index contributed by atoms with van der Waals surface area (Å²) < 4.78 is 3.38. The van der Waals surface area contributed by atoms with Crippen LogP contribution in [0, 0.1) is 6.92 Å². The van der Waals surface area contributed by atoms with Crippen molar-refractivity contribution in [2.24, 2.45) is 0 Å². The number of anilines is 2. The van der Waals surface area contributed by atoms with Gasteiger partial charge in [0.25, 0.3) is 0 Å². The predicted octanol–water partition coefficient (Wildman–Crippen LogP) is 5.90. The number of aromatic nitrogens is 2. The van der Waals surface area contributed by atoms with E-state index in [-0.39, 0.29) is 0 Å². The summed E-state index contributed by atoms with van der Waals surface area (Å²) in [5.41, 5.74) is 3.46. The van der Waals surface area contributed by atoms with E-state index in [0.717, 1.165) is 33.9 Å². The first-order valence-electron chi connectivity index (χ1n) is 9.00. The molecule has 0 saturated heterocycles. The Balaban J connectivity index is 2.18. The molecule has 2 rings (SSSR count). The van der Waals surface area contributed by atoms with Crippen LogP contribution in [-0.2, 0) is 11.0 Å². The first-order chi connectivity index (χ1) is 12.0. The lowest BCUT2D eigenvalue weighted by atomic mass is 10.2. The second-order valence-corrected chi connectivity index (χ2v) is 14.6. The molecule has 0 amide bonds. The van der Waals surface area contributed by atoms with Gasteiger partial charge < -0.3 is 9.88 Å². The van der Waals surface area contributed by atoms with E-state index in [0.29, 0.717) is 5.04 Å². The minimum absolute atomic E-state index is 0.339. The highest BCUT2D eigenvalue weighted by atomic mass is 127. The van der Waals surface area contributed by atoms with Gasteiger partial charge in [0, 0.05) is 24.0 Å². The second-order valence-electron chi connectivity index (χ2n) is 8.44. The van der Waals surface area contributed by atoms with E-state index in [1.807, 2.05) is 13.1 Å². The molecule has 1 N–H and O–H groups in total. The molecule has 142 valence electrons. The highest BCUT2D eigenvalue weighted by molar-refractivity contribution is 14.1. The molecule has 26 heavy (non-hydrogen) atoms. The van der Waals surface area contributed by atoms with Crippen LogP contribution >= 0.6 is 22.6 Å². The molecule has 0 bridgehead atoms. The maximum atomic E-state index is 4.61. The summed E-state index contributed by atoms with van der Waals surface area (Å²) in [7, 11) is 0.750. The summed E-state index contributed by atoms with van der Waals surface area (Å²) in [6.07, 6.45) is 1.89. The van der Waals surface area contributed by atoms with Crippen molar-refractivity contribution >= 4 is 42.3 Å². The van der Waals surface area contributed by atoms with Crippen LogP contribution in [0.2, 0.25) is 18.1 Å². The molecule has 0 atom stereocenters. The third-order valence-corrected chi connectivity index (χ3v) is 12.0. The van der Waals surface area contributed by atoms with E-state index in [9.17, 15) is 0 Å². The molecule has 2 aromatic rings. The maximum Gasteiger partial charge on any atom is 0.140 e. The van der Waals surface area contributed by atoms with E-state index in [4.69, 9.17) is 0 Å². The highest BCUT2D eigenvalue weighted by Crippen LogP contribution is 2.38. The number of alkyl halides is 1. The number of nitrogens with one attached hydrogen (secondary N) is 1. The van der Waals surface area contributed by atoms with E-state index in [1.165, 1.54) is 5.56 Å². The van der Waals surface area contributed by atoms with Gasteiger partial charge in [-0.3, -0.25) is 0 Å². The van der Waals surface area contributed by atoms with Gasteiger partial charge in [0.2, 0.25) is 0 Å². The fourth-order valence-electron chi connectivity index (χ4n) is 2.60. The van der Waals surface area contributed by atoms with Crippen molar-refractivity contribution in [3.63, 3.8) is 0 Å². The van der Waals surface area contributed by atoms with Crippen LogP contribution in [0.5, 0.6) is 0 Å². The van der Waals surface area contributed by atoms with Crippen molar-refractivity contribution in [2.45, 2.75) is 56.8 Å². The quantitative estimate of drug-likeness (QED) is 0.316. The Hall–Kier alpha value is -0.993. The average molecular weight is 482 g/mol. The lowest BCUT2D eigenvalue weighted by Gasteiger charge is -2.44. The maximum absolute atomic E-state index is 4.61. The summed E-state index contributed by atoms with van der Waals surface area (Å²) in [5.74, 6) is 1.74. The molecule has 1 aromatic carbocycles.